The second-order valence-corrected chi connectivity index (χ2v) is 8.02. The summed E-state index contributed by atoms with van der Waals surface area (Å²) in [6, 6.07) is 6.40. The molecule has 0 aliphatic heterocycles. The summed E-state index contributed by atoms with van der Waals surface area (Å²) in [6.45, 7) is 7.46. The molecule has 3 N–H and O–H groups in total. The SMILES string of the molecule is CNCCC[C@@H](C)N(CC(C)C)S(=O)(=O)c1ccc(N)cc1. The fraction of sp³-hybridized carbons (Fsp3) is 0.625. The lowest BCUT2D eigenvalue weighted by Crippen LogP contribution is -2.41. The maximum Gasteiger partial charge on any atom is 0.243 e. The highest BCUT2D eigenvalue weighted by atomic mass is 32.2. The third-order valence-corrected chi connectivity index (χ3v) is 5.57. The van der Waals surface area contributed by atoms with Gasteiger partial charge in [0, 0.05) is 18.3 Å². The molecule has 0 amide bonds. The zero-order valence-corrected chi connectivity index (χ0v) is 14.9. The molecule has 0 saturated carbocycles. The van der Waals surface area contributed by atoms with Crippen molar-refractivity contribution in [3.63, 3.8) is 0 Å². The molecular weight excluding hydrogens is 298 g/mol. The fourth-order valence-corrected chi connectivity index (χ4v) is 4.19. The number of sulfonamides is 1. The molecule has 0 spiro atoms. The number of rotatable bonds is 9. The minimum Gasteiger partial charge on any atom is -0.399 e. The minimum atomic E-state index is -3.49. The molecule has 0 radical (unpaired) electrons. The number of nitrogens with two attached hydrogens (primary N) is 1. The molecule has 1 atom stereocenters. The Bertz CT molecular complexity index is 541. The maximum atomic E-state index is 12.9. The first-order valence-electron chi connectivity index (χ1n) is 7.81. The normalized spacial score (nSPS) is 13.7. The smallest absolute Gasteiger partial charge is 0.243 e. The molecule has 6 heteroatoms. The Morgan fingerprint density at radius 3 is 2.27 bits per heavy atom. The number of nitrogen functional groups attached to an aromatic ring is 1. The van der Waals surface area contributed by atoms with Crippen LogP contribution in [0.15, 0.2) is 29.2 Å². The van der Waals surface area contributed by atoms with E-state index in [2.05, 4.69) is 5.32 Å². The Hall–Kier alpha value is -1.11. The summed E-state index contributed by atoms with van der Waals surface area (Å²) in [4.78, 5) is 0.308. The molecule has 1 rings (SSSR count). The third kappa shape index (κ3) is 5.26. The van der Waals surface area contributed by atoms with Gasteiger partial charge in [-0.15, -0.1) is 0 Å². The van der Waals surface area contributed by atoms with E-state index >= 15 is 0 Å². The van der Waals surface area contributed by atoms with E-state index in [-0.39, 0.29) is 12.0 Å². The third-order valence-electron chi connectivity index (χ3n) is 3.57. The number of hydrogen-bond donors (Lipinski definition) is 2. The van der Waals surface area contributed by atoms with Crippen molar-refractivity contribution in [1.29, 1.82) is 0 Å². The van der Waals surface area contributed by atoms with Crippen molar-refractivity contribution < 1.29 is 8.42 Å². The van der Waals surface area contributed by atoms with Crippen LogP contribution in [0, 0.1) is 5.92 Å². The summed E-state index contributed by atoms with van der Waals surface area (Å²) < 4.78 is 27.5. The topological polar surface area (TPSA) is 75.4 Å². The quantitative estimate of drug-likeness (QED) is 0.539. The van der Waals surface area contributed by atoms with Crippen LogP contribution in [0.2, 0.25) is 0 Å². The Balaban J connectivity index is 3.00. The van der Waals surface area contributed by atoms with Crippen molar-refractivity contribution >= 4 is 15.7 Å². The van der Waals surface area contributed by atoms with Crippen molar-refractivity contribution in [1.82, 2.24) is 9.62 Å². The first kappa shape index (κ1) is 18.9. The summed E-state index contributed by atoms with van der Waals surface area (Å²) in [6.07, 6.45) is 1.78. The van der Waals surface area contributed by atoms with Gasteiger partial charge in [0.15, 0.2) is 0 Å². The second-order valence-electron chi connectivity index (χ2n) is 6.13. The van der Waals surface area contributed by atoms with Crippen LogP contribution < -0.4 is 11.1 Å². The predicted octanol–water partition coefficient (Wildman–Crippen LogP) is 2.30. The van der Waals surface area contributed by atoms with E-state index in [4.69, 9.17) is 5.73 Å². The first-order chi connectivity index (χ1) is 10.3. The molecular formula is C16H29N3O2S. The molecule has 0 fully saturated rings. The van der Waals surface area contributed by atoms with E-state index in [9.17, 15) is 8.42 Å². The highest BCUT2D eigenvalue weighted by Gasteiger charge is 2.29. The molecule has 1 aromatic carbocycles. The summed E-state index contributed by atoms with van der Waals surface area (Å²) >= 11 is 0. The highest BCUT2D eigenvalue weighted by molar-refractivity contribution is 7.89. The zero-order valence-electron chi connectivity index (χ0n) is 14.0. The van der Waals surface area contributed by atoms with E-state index in [1.54, 1.807) is 28.6 Å². The molecule has 0 aliphatic carbocycles. The van der Waals surface area contributed by atoms with Crippen molar-refractivity contribution in [3.05, 3.63) is 24.3 Å². The van der Waals surface area contributed by atoms with Crippen LogP contribution in [0.1, 0.15) is 33.6 Å². The van der Waals surface area contributed by atoms with E-state index in [0.717, 1.165) is 19.4 Å². The molecule has 126 valence electrons. The lowest BCUT2D eigenvalue weighted by atomic mass is 10.1. The van der Waals surface area contributed by atoms with Gasteiger partial charge in [0.1, 0.15) is 0 Å². The largest absolute Gasteiger partial charge is 0.399 e. The molecule has 0 unspecified atom stereocenters. The highest BCUT2D eigenvalue weighted by Crippen LogP contribution is 2.22. The van der Waals surface area contributed by atoms with Gasteiger partial charge in [-0.3, -0.25) is 0 Å². The van der Waals surface area contributed by atoms with Crippen LogP contribution in [0.4, 0.5) is 5.69 Å². The van der Waals surface area contributed by atoms with Crippen LogP contribution in [-0.2, 0) is 10.0 Å². The van der Waals surface area contributed by atoms with E-state index in [1.807, 2.05) is 27.8 Å². The minimum absolute atomic E-state index is 0.0293. The number of anilines is 1. The summed E-state index contributed by atoms with van der Waals surface area (Å²) in [5.74, 6) is 0.273. The Kier molecular flexibility index (Phi) is 7.32. The van der Waals surface area contributed by atoms with Crippen LogP contribution in [0.25, 0.3) is 0 Å². The lowest BCUT2D eigenvalue weighted by molar-refractivity contribution is 0.288. The van der Waals surface area contributed by atoms with Crippen LogP contribution in [0.5, 0.6) is 0 Å². The van der Waals surface area contributed by atoms with Gasteiger partial charge in [-0.1, -0.05) is 13.8 Å². The van der Waals surface area contributed by atoms with Gasteiger partial charge >= 0.3 is 0 Å². The van der Waals surface area contributed by atoms with Crippen molar-refractivity contribution in [2.75, 3.05) is 25.9 Å². The average Bonchev–Trinajstić information content (AvgIpc) is 2.45. The summed E-state index contributed by atoms with van der Waals surface area (Å²) in [5, 5.41) is 3.10. The van der Waals surface area contributed by atoms with Gasteiger partial charge in [0.25, 0.3) is 0 Å². The van der Waals surface area contributed by atoms with Gasteiger partial charge in [-0.05, 0) is 63.5 Å². The average molecular weight is 327 g/mol. The van der Waals surface area contributed by atoms with Crippen LogP contribution >= 0.6 is 0 Å². The number of hydrogen-bond acceptors (Lipinski definition) is 4. The second kappa shape index (κ2) is 8.50. The molecule has 0 aromatic heterocycles. The van der Waals surface area contributed by atoms with Gasteiger partial charge in [0.05, 0.1) is 4.90 Å². The standard InChI is InChI=1S/C16H29N3O2S/c1-13(2)12-19(14(3)6-5-11-18-4)22(20,21)16-9-7-15(17)8-10-16/h7-10,13-14,18H,5-6,11-12,17H2,1-4H3/t14-/m1/s1. The molecule has 5 nitrogen and oxygen atoms in total. The van der Waals surface area contributed by atoms with Gasteiger partial charge in [-0.25, -0.2) is 8.42 Å². The maximum absolute atomic E-state index is 12.9. The molecule has 0 aliphatic rings. The Morgan fingerprint density at radius 1 is 1.18 bits per heavy atom. The van der Waals surface area contributed by atoms with E-state index in [1.165, 1.54) is 0 Å². The molecule has 1 aromatic rings. The van der Waals surface area contributed by atoms with Crippen molar-refractivity contribution in [3.8, 4) is 0 Å². The number of benzene rings is 1. The summed E-state index contributed by atoms with van der Waals surface area (Å²) in [5.41, 5.74) is 6.22. The Labute approximate surface area is 134 Å². The van der Waals surface area contributed by atoms with Crippen LogP contribution in [-0.4, -0.2) is 38.9 Å². The van der Waals surface area contributed by atoms with Crippen LogP contribution in [0.3, 0.4) is 0 Å². The first-order valence-corrected chi connectivity index (χ1v) is 9.25. The number of nitrogens with one attached hydrogen (secondary N) is 1. The monoisotopic (exact) mass is 327 g/mol. The molecule has 0 saturated heterocycles. The molecule has 0 bridgehead atoms. The lowest BCUT2D eigenvalue weighted by Gasteiger charge is -2.30. The number of nitrogens with zero attached hydrogens (tertiary/aromatic N) is 1. The fourth-order valence-electron chi connectivity index (χ4n) is 2.37. The van der Waals surface area contributed by atoms with Gasteiger partial charge < -0.3 is 11.1 Å². The molecule has 0 heterocycles. The van der Waals surface area contributed by atoms with Gasteiger partial charge in [-0.2, -0.15) is 4.31 Å². The Morgan fingerprint density at radius 2 is 1.77 bits per heavy atom. The van der Waals surface area contributed by atoms with E-state index in [0.29, 0.717) is 17.1 Å². The zero-order chi connectivity index (χ0) is 16.8. The molecule has 22 heavy (non-hydrogen) atoms. The predicted molar refractivity (Wildman–Crippen MR) is 92.2 cm³/mol. The van der Waals surface area contributed by atoms with E-state index < -0.39 is 10.0 Å². The van der Waals surface area contributed by atoms with Crippen molar-refractivity contribution in [2.45, 2.75) is 44.6 Å². The van der Waals surface area contributed by atoms with Crippen molar-refractivity contribution in [2.24, 2.45) is 5.92 Å². The summed E-state index contributed by atoms with van der Waals surface area (Å²) in [7, 11) is -1.59. The van der Waals surface area contributed by atoms with Gasteiger partial charge in [0.2, 0.25) is 10.0 Å².